The summed E-state index contributed by atoms with van der Waals surface area (Å²) in [6.45, 7) is 0. The standard InChI is InChI=1S/C10H12F2S/c11-10(12)5-3-8(4-6-10)9-2-1-7-13-9/h1-2,7-8H,3-6H2. The van der Waals surface area contributed by atoms with Gasteiger partial charge in [0.05, 0.1) is 0 Å². The molecular formula is C10H12F2S. The van der Waals surface area contributed by atoms with Crippen LogP contribution in [0.1, 0.15) is 36.5 Å². The summed E-state index contributed by atoms with van der Waals surface area (Å²) in [5.74, 6) is -2.01. The molecule has 0 nitrogen and oxygen atoms in total. The molecule has 0 bridgehead atoms. The fourth-order valence-electron chi connectivity index (χ4n) is 1.85. The Kier molecular flexibility index (Phi) is 2.37. The molecule has 72 valence electrons. The molecule has 2 rings (SSSR count). The van der Waals surface area contributed by atoms with E-state index in [1.807, 2.05) is 11.4 Å². The van der Waals surface area contributed by atoms with E-state index < -0.39 is 5.92 Å². The number of hydrogen-bond donors (Lipinski definition) is 0. The van der Waals surface area contributed by atoms with Crippen molar-refractivity contribution in [2.24, 2.45) is 0 Å². The Hall–Kier alpha value is -0.440. The van der Waals surface area contributed by atoms with Gasteiger partial charge < -0.3 is 0 Å². The fraction of sp³-hybridized carbons (Fsp3) is 0.600. The van der Waals surface area contributed by atoms with E-state index in [0.29, 0.717) is 18.8 Å². The second-order valence-corrected chi connectivity index (χ2v) is 4.62. The van der Waals surface area contributed by atoms with E-state index in [9.17, 15) is 8.78 Å². The van der Waals surface area contributed by atoms with E-state index in [4.69, 9.17) is 0 Å². The Morgan fingerprint density at radius 2 is 2.00 bits per heavy atom. The van der Waals surface area contributed by atoms with Crippen LogP contribution in [0.15, 0.2) is 17.5 Å². The van der Waals surface area contributed by atoms with Crippen LogP contribution >= 0.6 is 11.3 Å². The van der Waals surface area contributed by atoms with Crippen LogP contribution < -0.4 is 0 Å². The first-order chi connectivity index (χ1) is 6.17. The number of halogens is 2. The first-order valence-corrected chi connectivity index (χ1v) is 5.47. The number of hydrogen-bond acceptors (Lipinski definition) is 1. The molecular weight excluding hydrogens is 190 g/mol. The zero-order valence-electron chi connectivity index (χ0n) is 7.30. The molecule has 1 saturated carbocycles. The molecule has 0 aromatic carbocycles. The highest BCUT2D eigenvalue weighted by Crippen LogP contribution is 2.41. The highest BCUT2D eigenvalue weighted by Gasteiger charge is 2.35. The predicted molar refractivity (Wildman–Crippen MR) is 50.5 cm³/mol. The first-order valence-electron chi connectivity index (χ1n) is 4.59. The van der Waals surface area contributed by atoms with Crippen LogP contribution in [0.4, 0.5) is 8.78 Å². The van der Waals surface area contributed by atoms with Crippen molar-refractivity contribution in [1.29, 1.82) is 0 Å². The van der Waals surface area contributed by atoms with Gasteiger partial charge in [-0.25, -0.2) is 8.78 Å². The quantitative estimate of drug-likeness (QED) is 0.644. The van der Waals surface area contributed by atoms with E-state index in [1.165, 1.54) is 4.88 Å². The highest BCUT2D eigenvalue weighted by molar-refractivity contribution is 7.10. The maximum absolute atomic E-state index is 12.8. The van der Waals surface area contributed by atoms with Gasteiger partial charge in [-0.05, 0) is 30.2 Å². The van der Waals surface area contributed by atoms with E-state index in [-0.39, 0.29) is 12.8 Å². The lowest BCUT2D eigenvalue weighted by atomic mass is 9.86. The molecule has 1 aromatic heterocycles. The van der Waals surface area contributed by atoms with Crippen molar-refractivity contribution >= 4 is 11.3 Å². The average Bonchev–Trinajstić information content (AvgIpc) is 2.56. The maximum atomic E-state index is 12.8. The van der Waals surface area contributed by atoms with Crippen molar-refractivity contribution in [2.75, 3.05) is 0 Å². The second kappa shape index (κ2) is 3.37. The molecule has 0 atom stereocenters. The summed E-state index contributed by atoms with van der Waals surface area (Å²) in [5, 5.41) is 2.02. The monoisotopic (exact) mass is 202 g/mol. The molecule has 0 N–H and O–H groups in total. The average molecular weight is 202 g/mol. The van der Waals surface area contributed by atoms with Gasteiger partial charge in [0.2, 0.25) is 5.92 Å². The lowest BCUT2D eigenvalue weighted by Crippen LogP contribution is -2.23. The van der Waals surface area contributed by atoms with Gasteiger partial charge in [0.25, 0.3) is 0 Å². The molecule has 0 spiro atoms. The molecule has 1 aliphatic rings. The van der Waals surface area contributed by atoms with E-state index in [0.717, 1.165) is 0 Å². The smallest absolute Gasteiger partial charge is 0.207 e. The Balaban J connectivity index is 1.99. The Bertz CT molecular complexity index is 256. The molecule has 13 heavy (non-hydrogen) atoms. The zero-order chi connectivity index (χ0) is 9.31. The molecule has 0 radical (unpaired) electrons. The van der Waals surface area contributed by atoms with Crippen LogP contribution in [0.3, 0.4) is 0 Å². The Labute approximate surface area is 80.6 Å². The highest BCUT2D eigenvalue weighted by atomic mass is 32.1. The summed E-state index contributed by atoms with van der Waals surface area (Å²) in [7, 11) is 0. The molecule has 0 aliphatic heterocycles. The van der Waals surface area contributed by atoms with Gasteiger partial charge in [-0.3, -0.25) is 0 Å². The van der Waals surface area contributed by atoms with Crippen molar-refractivity contribution < 1.29 is 8.78 Å². The Morgan fingerprint density at radius 3 is 2.54 bits per heavy atom. The molecule has 1 aromatic rings. The molecule has 1 fully saturated rings. The number of alkyl halides is 2. The van der Waals surface area contributed by atoms with E-state index in [1.54, 1.807) is 11.3 Å². The maximum Gasteiger partial charge on any atom is 0.248 e. The summed E-state index contributed by atoms with van der Waals surface area (Å²) < 4.78 is 25.6. The van der Waals surface area contributed by atoms with Crippen molar-refractivity contribution in [1.82, 2.24) is 0 Å². The summed E-state index contributed by atoms with van der Waals surface area (Å²) in [6, 6.07) is 4.05. The van der Waals surface area contributed by atoms with Crippen molar-refractivity contribution in [3.05, 3.63) is 22.4 Å². The summed E-state index contributed by atoms with van der Waals surface area (Å²) in [5.41, 5.74) is 0. The zero-order valence-corrected chi connectivity index (χ0v) is 8.12. The third kappa shape index (κ3) is 2.08. The molecule has 0 unspecified atom stereocenters. The predicted octanol–water partition coefficient (Wildman–Crippen LogP) is 4.04. The van der Waals surface area contributed by atoms with Crippen LogP contribution in [0.5, 0.6) is 0 Å². The van der Waals surface area contributed by atoms with Crippen LogP contribution in [0.25, 0.3) is 0 Å². The molecule has 0 saturated heterocycles. The van der Waals surface area contributed by atoms with Crippen LogP contribution in [-0.2, 0) is 0 Å². The van der Waals surface area contributed by atoms with Crippen LogP contribution in [0, 0.1) is 0 Å². The van der Waals surface area contributed by atoms with Gasteiger partial charge in [0.1, 0.15) is 0 Å². The van der Waals surface area contributed by atoms with E-state index >= 15 is 0 Å². The van der Waals surface area contributed by atoms with Gasteiger partial charge >= 0.3 is 0 Å². The lowest BCUT2D eigenvalue weighted by Gasteiger charge is -2.27. The van der Waals surface area contributed by atoms with Gasteiger partial charge in [-0.15, -0.1) is 11.3 Å². The van der Waals surface area contributed by atoms with Crippen molar-refractivity contribution in [2.45, 2.75) is 37.5 Å². The van der Waals surface area contributed by atoms with Gasteiger partial charge in [-0.2, -0.15) is 0 Å². The largest absolute Gasteiger partial charge is 0.248 e. The number of thiophene rings is 1. The summed E-state index contributed by atoms with van der Waals surface area (Å²) in [4.78, 5) is 1.27. The first kappa shape index (κ1) is 9.13. The van der Waals surface area contributed by atoms with Crippen molar-refractivity contribution in [3.8, 4) is 0 Å². The van der Waals surface area contributed by atoms with Gasteiger partial charge in [-0.1, -0.05) is 6.07 Å². The normalized spacial score (nSPS) is 23.2. The summed E-state index contributed by atoms with van der Waals surface area (Å²) in [6.07, 6.45) is 1.42. The van der Waals surface area contributed by atoms with Crippen molar-refractivity contribution in [3.63, 3.8) is 0 Å². The van der Waals surface area contributed by atoms with Crippen LogP contribution in [0.2, 0.25) is 0 Å². The minimum Gasteiger partial charge on any atom is -0.207 e. The molecule has 1 aliphatic carbocycles. The van der Waals surface area contributed by atoms with Crippen LogP contribution in [-0.4, -0.2) is 5.92 Å². The molecule has 0 amide bonds. The Morgan fingerprint density at radius 1 is 1.31 bits per heavy atom. The fourth-order valence-corrected chi connectivity index (χ4v) is 2.75. The van der Waals surface area contributed by atoms with E-state index in [2.05, 4.69) is 6.07 Å². The third-order valence-electron chi connectivity index (χ3n) is 2.66. The topological polar surface area (TPSA) is 0 Å². The third-order valence-corrected chi connectivity index (χ3v) is 3.70. The minimum atomic E-state index is -2.40. The van der Waals surface area contributed by atoms with Gasteiger partial charge in [0.15, 0.2) is 0 Å². The summed E-state index contributed by atoms with van der Waals surface area (Å²) >= 11 is 1.68. The lowest BCUT2D eigenvalue weighted by molar-refractivity contribution is -0.0379. The number of rotatable bonds is 1. The second-order valence-electron chi connectivity index (χ2n) is 3.65. The van der Waals surface area contributed by atoms with Gasteiger partial charge in [0, 0.05) is 17.7 Å². The SMILES string of the molecule is FC1(F)CCC(c2cccs2)CC1. The molecule has 3 heteroatoms. The minimum absolute atomic E-state index is 0.0650. The molecule has 1 heterocycles.